The lowest BCUT2D eigenvalue weighted by Crippen LogP contribution is -2.17. The van der Waals surface area contributed by atoms with E-state index >= 15 is 0 Å². The fourth-order valence-corrected chi connectivity index (χ4v) is 2.34. The first-order valence-electron chi connectivity index (χ1n) is 8.08. The summed E-state index contributed by atoms with van der Waals surface area (Å²) in [7, 11) is 0. The maximum atomic E-state index is 12.1. The number of ether oxygens (including phenoxy) is 1. The van der Waals surface area contributed by atoms with E-state index in [1.165, 1.54) is 28.9 Å². The van der Waals surface area contributed by atoms with Crippen LogP contribution in [0.5, 0.6) is 5.75 Å². The summed E-state index contributed by atoms with van der Waals surface area (Å²) in [5.41, 5.74) is 2.94. The van der Waals surface area contributed by atoms with Crippen LogP contribution in [0.3, 0.4) is 0 Å². The van der Waals surface area contributed by atoms with Gasteiger partial charge in [0.1, 0.15) is 5.75 Å². The van der Waals surface area contributed by atoms with Crippen molar-refractivity contribution in [2.24, 2.45) is 0 Å². The number of rotatable bonds is 9. The Morgan fingerprint density at radius 3 is 2.50 bits per heavy atom. The Balaban J connectivity index is 1.77. The van der Waals surface area contributed by atoms with Crippen LogP contribution in [-0.2, 0) is 11.2 Å². The number of carbonyl (C=O) groups excluding carboxylic acids is 1. The van der Waals surface area contributed by atoms with Crippen LogP contribution in [-0.4, -0.2) is 32.5 Å². The van der Waals surface area contributed by atoms with Gasteiger partial charge in [0.15, 0.2) is 0 Å². The lowest BCUT2D eigenvalue weighted by Gasteiger charge is -2.08. The molecule has 142 valence electrons. The maximum Gasteiger partial charge on any atom is 0.573 e. The van der Waals surface area contributed by atoms with Gasteiger partial charge in [0.05, 0.1) is 17.6 Å². The van der Waals surface area contributed by atoms with Gasteiger partial charge in [-0.05, 0) is 43.5 Å². The third-order valence-electron chi connectivity index (χ3n) is 3.59. The Hall–Kier alpha value is -2.62. The molecule has 0 radical (unpaired) electrons. The van der Waals surface area contributed by atoms with Crippen molar-refractivity contribution >= 4 is 5.91 Å². The van der Waals surface area contributed by atoms with E-state index in [0.717, 1.165) is 25.0 Å². The number of aryl methyl sites for hydroxylation is 1. The summed E-state index contributed by atoms with van der Waals surface area (Å²) in [4.78, 5) is 10.8. The number of benzene rings is 1. The monoisotopic (exact) mass is 372 g/mol. The zero-order valence-corrected chi connectivity index (χ0v) is 13.9. The van der Waals surface area contributed by atoms with Gasteiger partial charge in [0, 0.05) is 6.42 Å². The van der Waals surface area contributed by atoms with Gasteiger partial charge >= 0.3 is 6.36 Å². The van der Waals surface area contributed by atoms with Gasteiger partial charge in [-0.1, -0.05) is 18.1 Å². The van der Waals surface area contributed by atoms with Gasteiger partial charge in [-0.25, -0.2) is 10.2 Å². The Bertz CT molecular complexity index is 702. The van der Waals surface area contributed by atoms with Crippen molar-refractivity contribution < 1.29 is 27.9 Å². The van der Waals surface area contributed by atoms with Crippen LogP contribution < -0.4 is 10.2 Å². The second kappa shape index (κ2) is 9.18. The molecule has 1 aromatic heterocycles. The van der Waals surface area contributed by atoms with Crippen LogP contribution in [0.15, 0.2) is 30.5 Å². The minimum Gasteiger partial charge on any atom is -0.406 e. The van der Waals surface area contributed by atoms with E-state index in [-0.39, 0.29) is 11.7 Å². The molecule has 26 heavy (non-hydrogen) atoms. The molecule has 10 heteroatoms. The van der Waals surface area contributed by atoms with Crippen LogP contribution in [0.4, 0.5) is 13.2 Å². The number of carbonyl (C=O) groups is 1. The van der Waals surface area contributed by atoms with Crippen molar-refractivity contribution in [3.8, 4) is 11.4 Å². The van der Waals surface area contributed by atoms with Crippen molar-refractivity contribution in [3.63, 3.8) is 0 Å². The zero-order chi connectivity index (χ0) is 19.0. The van der Waals surface area contributed by atoms with Crippen LogP contribution >= 0.6 is 0 Å². The van der Waals surface area contributed by atoms with Crippen LogP contribution in [0.1, 0.15) is 37.8 Å². The molecule has 0 bridgehead atoms. The van der Waals surface area contributed by atoms with Crippen LogP contribution in [0, 0.1) is 0 Å². The Labute approximate surface area is 147 Å². The highest BCUT2D eigenvalue weighted by molar-refractivity contribution is 5.74. The van der Waals surface area contributed by atoms with Gasteiger partial charge in [-0.15, -0.1) is 18.3 Å². The molecule has 1 amide bonds. The molecule has 2 N–H and O–H groups in total. The van der Waals surface area contributed by atoms with Crippen molar-refractivity contribution in [2.45, 2.75) is 44.9 Å². The number of unbranched alkanes of at least 4 members (excludes halogenated alkanes) is 3. The topological polar surface area (TPSA) is 89.3 Å². The molecular weight excluding hydrogens is 353 g/mol. The highest BCUT2D eigenvalue weighted by Gasteiger charge is 2.30. The fourth-order valence-electron chi connectivity index (χ4n) is 2.34. The smallest absolute Gasteiger partial charge is 0.406 e. The standard InChI is InChI=1S/C16H19F3N4O3/c17-16(18,19)26-14-9-7-13(8-10-14)23-11-12(20-22-23)5-3-1-2-4-6-15(24)21-25/h7-11,25H,1-6H2,(H,21,24). The first-order valence-corrected chi connectivity index (χ1v) is 8.08. The van der Waals surface area contributed by atoms with E-state index in [2.05, 4.69) is 15.0 Å². The molecule has 0 spiro atoms. The minimum absolute atomic E-state index is 0.292. The van der Waals surface area contributed by atoms with E-state index in [4.69, 9.17) is 5.21 Å². The quantitative estimate of drug-likeness (QED) is 0.401. The average Bonchev–Trinajstić information content (AvgIpc) is 3.06. The summed E-state index contributed by atoms with van der Waals surface area (Å²) in [5, 5.41) is 16.4. The molecule has 7 nitrogen and oxygen atoms in total. The zero-order valence-electron chi connectivity index (χ0n) is 13.9. The van der Waals surface area contributed by atoms with Gasteiger partial charge in [0.25, 0.3) is 0 Å². The van der Waals surface area contributed by atoms with Crippen LogP contribution in [0.2, 0.25) is 0 Å². The number of nitrogens with zero attached hydrogens (tertiary/aromatic N) is 3. The number of halogens is 3. The van der Waals surface area contributed by atoms with Crippen LogP contribution in [0.25, 0.3) is 5.69 Å². The van der Waals surface area contributed by atoms with E-state index < -0.39 is 6.36 Å². The largest absolute Gasteiger partial charge is 0.573 e. The van der Waals surface area contributed by atoms with E-state index in [0.29, 0.717) is 24.9 Å². The van der Waals surface area contributed by atoms with Gasteiger partial charge in [-0.3, -0.25) is 10.0 Å². The van der Waals surface area contributed by atoms with Gasteiger partial charge in [0.2, 0.25) is 5.91 Å². The first kappa shape index (κ1) is 19.7. The molecule has 0 fully saturated rings. The van der Waals surface area contributed by atoms with Crippen molar-refractivity contribution in [1.82, 2.24) is 20.5 Å². The fraction of sp³-hybridized carbons (Fsp3) is 0.438. The number of hydrogen-bond acceptors (Lipinski definition) is 5. The molecule has 0 atom stereocenters. The molecule has 2 aromatic rings. The predicted octanol–water partition coefficient (Wildman–Crippen LogP) is 3.16. The van der Waals surface area contributed by atoms with Crippen molar-refractivity contribution in [3.05, 3.63) is 36.2 Å². The highest BCUT2D eigenvalue weighted by Crippen LogP contribution is 2.23. The Morgan fingerprint density at radius 1 is 1.15 bits per heavy atom. The summed E-state index contributed by atoms with van der Waals surface area (Å²) in [6.45, 7) is 0. The summed E-state index contributed by atoms with van der Waals surface area (Å²) in [6.07, 6.45) is 1.35. The SMILES string of the molecule is O=C(CCCCCCc1cn(-c2ccc(OC(F)(F)F)cc2)nn1)NO. The van der Waals surface area contributed by atoms with Crippen molar-refractivity contribution in [2.75, 3.05) is 0 Å². The van der Waals surface area contributed by atoms with E-state index in [9.17, 15) is 18.0 Å². The number of hydrogen-bond donors (Lipinski definition) is 2. The molecule has 2 rings (SSSR count). The van der Waals surface area contributed by atoms with Gasteiger partial charge in [-0.2, -0.15) is 0 Å². The average molecular weight is 372 g/mol. The van der Waals surface area contributed by atoms with Gasteiger partial charge < -0.3 is 4.74 Å². The molecule has 0 aliphatic carbocycles. The summed E-state index contributed by atoms with van der Waals surface area (Å²) >= 11 is 0. The summed E-state index contributed by atoms with van der Waals surface area (Å²) in [5.74, 6) is -0.684. The second-order valence-electron chi connectivity index (χ2n) is 5.65. The lowest BCUT2D eigenvalue weighted by molar-refractivity contribution is -0.274. The molecule has 0 saturated heterocycles. The number of alkyl halides is 3. The molecule has 0 aliphatic rings. The normalized spacial score (nSPS) is 11.4. The first-order chi connectivity index (χ1) is 12.4. The summed E-state index contributed by atoms with van der Waals surface area (Å²) < 4.78 is 41.7. The Morgan fingerprint density at radius 2 is 1.85 bits per heavy atom. The third kappa shape index (κ3) is 6.71. The Kier molecular flexibility index (Phi) is 6.96. The molecule has 1 aromatic carbocycles. The predicted molar refractivity (Wildman–Crippen MR) is 84.8 cm³/mol. The maximum absolute atomic E-state index is 12.1. The molecule has 0 unspecified atom stereocenters. The molecule has 1 heterocycles. The number of hydroxylamine groups is 1. The second-order valence-corrected chi connectivity index (χ2v) is 5.65. The number of aromatic nitrogens is 3. The number of amides is 1. The highest BCUT2D eigenvalue weighted by atomic mass is 19.4. The molecule has 0 aliphatic heterocycles. The third-order valence-corrected chi connectivity index (χ3v) is 3.59. The number of nitrogens with one attached hydrogen (secondary N) is 1. The molecular formula is C16H19F3N4O3. The van der Waals surface area contributed by atoms with E-state index in [1.54, 1.807) is 11.7 Å². The minimum atomic E-state index is -4.72. The van der Waals surface area contributed by atoms with Crippen molar-refractivity contribution in [1.29, 1.82) is 0 Å². The summed E-state index contributed by atoms with van der Waals surface area (Å²) in [6, 6.07) is 5.36. The molecule has 0 saturated carbocycles. The van der Waals surface area contributed by atoms with E-state index in [1.807, 2.05) is 0 Å². The lowest BCUT2D eigenvalue weighted by atomic mass is 10.1.